The number of amides is 1. The molecule has 2 aromatic rings. The van der Waals surface area contributed by atoms with Gasteiger partial charge in [-0.25, -0.2) is 4.79 Å². The number of rotatable bonds is 4. The lowest BCUT2D eigenvalue weighted by atomic mass is 10.1. The maximum atomic E-state index is 12.1. The zero-order chi connectivity index (χ0) is 16.3. The van der Waals surface area contributed by atoms with Gasteiger partial charge in [0.25, 0.3) is 11.6 Å². The molecule has 0 radical (unpaired) electrons. The normalized spacial score (nSPS) is 10.0. The number of carbonyl (C=O) groups excluding carboxylic acids is 1. The van der Waals surface area contributed by atoms with Gasteiger partial charge in [0.1, 0.15) is 0 Å². The number of anilines is 1. The molecule has 0 atom stereocenters. The highest BCUT2D eigenvalue weighted by Crippen LogP contribution is 2.23. The summed E-state index contributed by atoms with van der Waals surface area (Å²) in [5.74, 6) is -1.72. The van der Waals surface area contributed by atoms with Crippen LogP contribution in [-0.4, -0.2) is 21.9 Å². The molecule has 0 fully saturated rings. The molecule has 0 saturated carbocycles. The van der Waals surface area contributed by atoms with E-state index in [-0.39, 0.29) is 27.5 Å². The van der Waals surface area contributed by atoms with Gasteiger partial charge in [-0.2, -0.15) is 0 Å². The highest BCUT2D eigenvalue weighted by Gasteiger charge is 2.15. The predicted molar refractivity (Wildman–Crippen MR) is 79.5 cm³/mol. The number of non-ortho nitro benzene ring substituents is 1. The molecular weight excluding hydrogens is 312 g/mol. The largest absolute Gasteiger partial charge is 0.478 e. The van der Waals surface area contributed by atoms with Crippen molar-refractivity contribution in [2.24, 2.45) is 0 Å². The van der Waals surface area contributed by atoms with Crippen molar-refractivity contribution in [3.8, 4) is 0 Å². The molecule has 7 nitrogen and oxygen atoms in total. The quantitative estimate of drug-likeness (QED) is 0.664. The number of carboxylic acids is 1. The Hall–Kier alpha value is -2.93. The van der Waals surface area contributed by atoms with E-state index in [9.17, 15) is 19.7 Å². The van der Waals surface area contributed by atoms with Crippen LogP contribution in [0.3, 0.4) is 0 Å². The molecule has 112 valence electrons. The average Bonchev–Trinajstić information content (AvgIpc) is 2.47. The number of aromatic carboxylic acids is 1. The fourth-order valence-corrected chi connectivity index (χ4v) is 1.99. The summed E-state index contributed by atoms with van der Waals surface area (Å²) in [7, 11) is 0. The summed E-state index contributed by atoms with van der Waals surface area (Å²) in [6, 6.07) is 9.14. The lowest BCUT2D eigenvalue weighted by Gasteiger charge is -2.07. The summed E-state index contributed by atoms with van der Waals surface area (Å²) in [4.78, 5) is 32.9. The van der Waals surface area contributed by atoms with Gasteiger partial charge in [0, 0.05) is 17.8 Å². The van der Waals surface area contributed by atoms with Gasteiger partial charge >= 0.3 is 5.97 Å². The average molecular weight is 321 g/mol. The van der Waals surface area contributed by atoms with Gasteiger partial charge in [0.2, 0.25) is 0 Å². The molecular formula is C14H9ClN2O5. The Morgan fingerprint density at radius 2 is 1.91 bits per heavy atom. The molecule has 0 spiro atoms. The maximum absolute atomic E-state index is 12.1. The van der Waals surface area contributed by atoms with Crippen LogP contribution in [0.15, 0.2) is 42.5 Å². The van der Waals surface area contributed by atoms with Gasteiger partial charge in [-0.15, -0.1) is 0 Å². The van der Waals surface area contributed by atoms with E-state index in [0.717, 1.165) is 12.1 Å². The van der Waals surface area contributed by atoms with Crippen molar-refractivity contribution < 1.29 is 19.6 Å². The number of nitro groups is 1. The van der Waals surface area contributed by atoms with Crippen molar-refractivity contribution in [2.45, 2.75) is 0 Å². The van der Waals surface area contributed by atoms with Crippen LogP contribution in [-0.2, 0) is 0 Å². The number of halogens is 1. The number of hydrogen-bond acceptors (Lipinski definition) is 4. The van der Waals surface area contributed by atoms with Crippen molar-refractivity contribution in [3.63, 3.8) is 0 Å². The number of benzene rings is 2. The maximum Gasteiger partial charge on any atom is 0.335 e. The monoisotopic (exact) mass is 320 g/mol. The van der Waals surface area contributed by atoms with Crippen LogP contribution in [0.2, 0.25) is 5.02 Å². The van der Waals surface area contributed by atoms with E-state index >= 15 is 0 Å². The zero-order valence-corrected chi connectivity index (χ0v) is 11.7. The van der Waals surface area contributed by atoms with Gasteiger partial charge in [-0.05, 0) is 24.3 Å². The van der Waals surface area contributed by atoms with E-state index in [1.807, 2.05) is 0 Å². The summed E-state index contributed by atoms with van der Waals surface area (Å²) >= 11 is 5.86. The van der Waals surface area contributed by atoms with Crippen molar-refractivity contribution >= 4 is 34.9 Å². The number of nitrogens with one attached hydrogen (secondary N) is 1. The fraction of sp³-hybridized carbons (Fsp3) is 0. The molecule has 22 heavy (non-hydrogen) atoms. The number of nitrogens with zero attached hydrogens (tertiary/aromatic N) is 1. The van der Waals surface area contributed by atoms with Gasteiger partial charge < -0.3 is 10.4 Å². The molecule has 2 N–H and O–H groups in total. The predicted octanol–water partition coefficient (Wildman–Crippen LogP) is 3.20. The highest BCUT2D eigenvalue weighted by atomic mass is 35.5. The van der Waals surface area contributed by atoms with E-state index in [0.29, 0.717) is 0 Å². The third-order valence-corrected chi connectivity index (χ3v) is 3.09. The first-order valence-electron chi connectivity index (χ1n) is 5.97. The van der Waals surface area contributed by atoms with Crippen molar-refractivity contribution in [2.75, 3.05) is 5.32 Å². The number of carbonyl (C=O) groups is 2. The fourth-order valence-electron chi connectivity index (χ4n) is 1.73. The minimum absolute atomic E-state index is 0.0209. The molecule has 2 aromatic carbocycles. The molecule has 0 heterocycles. The zero-order valence-electron chi connectivity index (χ0n) is 10.9. The molecule has 0 aromatic heterocycles. The van der Waals surface area contributed by atoms with Crippen LogP contribution in [0, 0.1) is 10.1 Å². The molecule has 0 saturated heterocycles. The lowest BCUT2D eigenvalue weighted by Crippen LogP contribution is -2.13. The third-order valence-electron chi connectivity index (χ3n) is 2.78. The summed E-state index contributed by atoms with van der Waals surface area (Å²) in [5.41, 5.74) is 0.120. The van der Waals surface area contributed by atoms with Crippen LogP contribution >= 0.6 is 11.6 Å². The molecule has 2 rings (SSSR count). The Bertz CT molecular complexity index is 776. The topological polar surface area (TPSA) is 110 Å². The Kier molecular flexibility index (Phi) is 4.38. The standard InChI is InChI=1S/C14H9ClN2O5/c15-12-7-10(17(21)22)4-5-11(12)13(18)16-9-3-1-2-8(6-9)14(19)20/h1-7H,(H,16,18)(H,19,20). The molecule has 0 bridgehead atoms. The molecule has 0 aliphatic carbocycles. The van der Waals surface area contributed by atoms with Crippen LogP contribution in [0.25, 0.3) is 0 Å². The first kappa shape index (κ1) is 15.5. The third kappa shape index (κ3) is 3.39. The SMILES string of the molecule is O=C(O)c1cccc(NC(=O)c2ccc([N+](=O)[O-])cc2Cl)c1. The summed E-state index contributed by atoms with van der Waals surface area (Å²) < 4.78 is 0. The lowest BCUT2D eigenvalue weighted by molar-refractivity contribution is -0.384. The molecule has 8 heteroatoms. The second kappa shape index (κ2) is 6.23. The van der Waals surface area contributed by atoms with E-state index in [2.05, 4.69) is 5.32 Å². The summed E-state index contributed by atoms with van der Waals surface area (Å²) in [6.45, 7) is 0. The van der Waals surface area contributed by atoms with Crippen LogP contribution in [0.4, 0.5) is 11.4 Å². The Labute approximate surface area is 129 Å². The second-order valence-corrected chi connectivity index (χ2v) is 4.67. The van der Waals surface area contributed by atoms with Gasteiger partial charge in [0.05, 0.1) is 21.1 Å². The van der Waals surface area contributed by atoms with Crippen LogP contribution in [0.1, 0.15) is 20.7 Å². The van der Waals surface area contributed by atoms with Crippen molar-refractivity contribution in [1.29, 1.82) is 0 Å². The van der Waals surface area contributed by atoms with Gasteiger partial charge in [0.15, 0.2) is 0 Å². The van der Waals surface area contributed by atoms with Crippen LogP contribution < -0.4 is 5.32 Å². The minimum atomic E-state index is -1.12. The van der Waals surface area contributed by atoms with Crippen molar-refractivity contribution in [3.05, 3.63) is 68.7 Å². The van der Waals surface area contributed by atoms with E-state index in [1.165, 1.54) is 30.3 Å². The molecule has 0 aliphatic rings. The summed E-state index contributed by atoms with van der Waals surface area (Å²) in [5, 5.41) is 21.9. The Morgan fingerprint density at radius 1 is 1.18 bits per heavy atom. The minimum Gasteiger partial charge on any atom is -0.478 e. The van der Waals surface area contributed by atoms with Gasteiger partial charge in [-0.3, -0.25) is 14.9 Å². The molecule has 0 aliphatic heterocycles. The number of hydrogen-bond donors (Lipinski definition) is 2. The number of nitro benzene ring substituents is 1. The number of carboxylic acid groups (broad SMARTS) is 1. The van der Waals surface area contributed by atoms with E-state index < -0.39 is 16.8 Å². The Morgan fingerprint density at radius 3 is 2.50 bits per heavy atom. The van der Waals surface area contributed by atoms with E-state index in [1.54, 1.807) is 0 Å². The highest BCUT2D eigenvalue weighted by molar-refractivity contribution is 6.34. The molecule has 0 unspecified atom stereocenters. The smallest absolute Gasteiger partial charge is 0.335 e. The van der Waals surface area contributed by atoms with E-state index in [4.69, 9.17) is 16.7 Å². The van der Waals surface area contributed by atoms with Crippen LogP contribution in [0.5, 0.6) is 0 Å². The van der Waals surface area contributed by atoms with Crippen molar-refractivity contribution in [1.82, 2.24) is 0 Å². The molecule has 1 amide bonds. The Balaban J connectivity index is 2.24. The summed E-state index contributed by atoms with van der Waals surface area (Å²) in [6.07, 6.45) is 0. The van der Waals surface area contributed by atoms with Gasteiger partial charge in [-0.1, -0.05) is 17.7 Å². The second-order valence-electron chi connectivity index (χ2n) is 4.26. The first-order chi connectivity index (χ1) is 10.4. The first-order valence-corrected chi connectivity index (χ1v) is 6.35.